The monoisotopic (exact) mass is 263 g/mol. The van der Waals surface area contributed by atoms with Crippen molar-refractivity contribution in [1.82, 2.24) is 0 Å². The number of ether oxygens (including phenoxy) is 1. The highest BCUT2D eigenvalue weighted by Gasteiger charge is 2.11. The van der Waals surface area contributed by atoms with Crippen LogP contribution in [0.1, 0.15) is 6.42 Å². The second kappa shape index (κ2) is 5.83. The zero-order valence-electron chi connectivity index (χ0n) is 9.31. The Labute approximate surface area is 99.3 Å². The van der Waals surface area contributed by atoms with Crippen molar-refractivity contribution in [2.45, 2.75) is 6.42 Å². The van der Waals surface area contributed by atoms with Gasteiger partial charge in [0.05, 0.1) is 18.6 Å². The normalized spacial score (nSPS) is 11.2. The maximum Gasteiger partial charge on any atom is 0.232 e. The summed E-state index contributed by atoms with van der Waals surface area (Å²) in [4.78, 5) is 0. The van der Waals surface area contributed by atoms with Crippen LogP contribution in [0.3, 0.4) is 0 Å². The third-order valence-electron chi connectivity index (χ3n) is 1.95. The number of hydrogen-bond acceptors (Lipinski definition) is 4. The molecule has 0 amide bonds. The SMILES string of the molecule is COc1cc(F)cc(NS(=O)(=O)CCCO)c1. The Morgan fingerprint density at radius 3 is 2.71 bits per heavy atom. The maximum absolute atomic E-state index is 13.1. The van der Waals surface area contributed by atoms with Crippen LogP contribution in [0.5, 0.6) is 5.75 Å². The predicted molar refractivity (Wildman–Crippen MR) is 62.1 cm³/mol. The molecule has 5 nitrogen and oxygen atoms in total. The second-order valence-corrected chi connectivity index (χ2v) is 5.22. The third-order valence-corrected chi connectivity index (χ3v) is 3.32. The highest BCUT2D eigenvalue weighted by molar-refractivity contribution is 7.92. The first-order chi connectivity index (χ1) is 7.96. The Morgan fingerprint density at radius 2 is 2.12 bits per heavy atom. The summed E-state index contributed by atoms with van der Waals surface area (Å²) in [6, 6.07) is 3.57. The van der Waals surface area contributed by atoms with Gasteiger partial charge in [-0.05, 0) is 12.5 Å². The molecule has 0 spiro atoms. The van der Waals surface area contributed by atoms with Crippen LogP contribution in [0.2, 0.25) is 0 Å². The number of benzene rings is 1. The van der Waals surface area contributed by atoms with Crippen LogP contribution in [0.25, 0.3) is 0 Å². The first-order valence-electron chi connectivity index (χ1n) is 4.93. The van der Waals surface area contributed by atoms with Gasteiger partial charge in [-0.1, -0.05) is 0 Å². The van der Waals surface area contributed by atoms with Gasteiger partial charge in [-0.2, -0.15) is 0 Å². The molecule has 0 aromatic heterocycles. The lowest BCUT2D eigenvalue weighted by atomic mass is 10.3. The molecule has 1 aromatic carbocycles. The Bertz CT molecular complexity index is 475. The fourth-order valence-electron chi connectivity index (χ4n) is 1.22. The molecule has 0 aliphatic rings. The molecular formula is C10H14FNO4S. The van der Waals surface area contributed by atoms with Crippen molar-refractivity contribution in [3.05, 3.63) is 24.0 Å². The van der Waals surface area contributed by atoms with Crippen LogP contribution >= 0.6 is 0 Å². The molecular weight excluding hydrogens is 249 g/mol. The van der Waals surface area contributed by atoms with E-state index in [0.29, 0.717) is 0 Å². The Kier molecular flexibility index (Phi) is 4.71. The van der Waals surface area contributed by atoms with E-state index in [1.165, 1.54) is 13.2 Å². The lowest BCUT2D eigenvalue weighted by molar-refractivity contribution is 0.295. The van der Waals surface area contributed by atoms with Crippen molar-refractivity contribution >= 4 is 15.7 Å². The minimum absolute atomic E-state index is 0.0970. The van der Waals surface area contributed by atoms with E-state index in [-0.39, 0.29) is 30.2 Å². The summed E-state index contributed by atoms with van der Waals surface area (Å²) in [6.07, 6.45) is 0.127. The molecule has 96 valence electrons. The molecule has 0 aliphatic heterocycles. The van der Waals surface area contributed by atoms with Gasteiger partial charge in [0.15, 0.2) is 0 Å². The number of halogens is 1. The minimum Gasteiger partial charge on any atom is -0.497 e. The fourth-order valence-corrected chi connectivity index (χ4v) is 2.31. The summed E-state index contributed by atoms with van der Waals surface area (Å²) in [6.45, 7) is -0.215. The van der Waals surface area contributed by atoms with Gasteiger partial charge >= 0.3 is 0 Å². The lowest BCUT2D eigenvalue weighted by Gasteiger charge is -2.09. The standard InChI is InChI=1S/C10H14FNO4S/c1-16-10-6-8(11)5-9(7-10)12-17(14,15)4-2-3-13/h5-7,12-13H,2-4H2,1H3. The van der Waals surface area contributed by atoms with Gasteiger partial charge in [-0.15, -0.1) is 0 Å². The van der Waals surface area contributed by atoms with Crippen molar-refractivity contribution in [3.63, 3.8) is 0 Å². The van der Waals surface area contributed by atoms with E-state index in [2.05, 4.69) is 4.72 Å². The van der Waals surface area contributed by atoms with Crippen molar-refractivity contribution in [2.24, 2.45) is 0 Å². The summed E-state index contributed by atoms with van der Waals surface area (Å²) in [7, 11) is -2.21. The number of nitrogens with one attached hydrogen (secondary N) is 1. The van der Waals surface area contributed by atoms with Gasteiger partial charge in [0.1, 0.15) is 11.6 Å². The van der Waals surface area contributed by atoms with E-state index >= 15 is 0 Å². The van der Waals surface area contributed by atoms with Crippen LogP contribution in [0, 0.1) is 5.82 Å². The average molecular weight is 263 g/mol. The largest absolute Gasteiger partial charge is 0.497 e. The van der Waals surface area contributed by atoms with Crippen molar-refractivity contribution < 1.29 is 22.7 Å². The summed E-state index contributed by atoms with van der Waals surface area (Å²) in [5, 5.41) is 8.55. The summed E-state index contributed by atoms with van der Waals surface area (Å²) < 4.78 is 43.1. The quantitative estimate of drug-likeness (QED) is 0.801. The number of sulfonamides is 1. The summed E-state index contributed by atoms with van der Waals surface area (Å²) in [5.41, 5.74) is 0.0970. The molecule has 0 saturated heterocycles. The molecule has 2 N–H and O–H groups in total. The van der Waals surface area contributed by atoms with Gasteiger partial charge in [0, 0.05) is 18.7 Å². The number of anilines is 1. The number of aliphatic hydroxyl groups is 1. The molecule has 0 unspecified atom stereocenters. The molecule has 0 saturated carbocycles. The Morgan fingerprint density at radius 1 is 1.41 bits per heavy atom. The molecule has 0 heterocycles. The summed E-state index contributed by atoms with van der Waals surface area (Å²) in [5.74, 6) is -0.587. The zero-order valence-corrected chi connectivity index (χ0v) is 10.1. The minimum atomic E-state index is -3.57. The number of rotatable bonds is 6. The molecule has 0 fully saturated rings. The summed E-state index contributed by atoms with van der Waals surface area (Å²) >= 11 is 0. The lowest BCUT2D eigenvalue weighted by Crippen LogP contribution is -2.17. The van der Waals surface area contributed by atoms with E-state index in [9.17, 15) is 12.8 Å². The highest BCUT2D eigenvalue weighted by Crippen LogP contribution is 2.20. The van der Waals surface area contributed by atoms with Crippen LogP contribution in [-0.4, -0.2) is 33.0 Å². The number of methoxy groups -OCH3 is 1. The fraction of sp³-hybridized carbons (Fsp3) is 0.400. The van der Waals surface area contributed by atoms with Gasteiger partial charge in [-0.3, -0.25) is 4.72 Å². The van der Waals surface area contributed by atoms with Gasteiger partial charge < -0.3 is 9.84 Å². The highest BCUT2D eigenvalue weighted by atomic mass is 32.2. The molecule has 7 heteroatoms. The van der Waals surface area contributed by atoms with Crippen molar-refractivity contribution in [1.29, 1.82) is 0 Å². The van der Waals surface area contributed by atoms with Gasteiger partial charge in [0.2, 0.25) is 10.0 Å². The molecule has 0 radical (unpaired) electrons. The number of aliphatic hydroxyl groups excluding tert-OH is 1. The third kappa shape index (κ3) is 4.58. The van der Waals surface area contributed by atoms with Crippen LogP contribution in [-0.2, 0) is 10.0 Å². The molecule has 0 aliphatic carbocycles. The van der Waals surface area contributed by atoms with Gasteiger partial charge in [-0.25, -0.2) is 12.8 Å². The first-order valence-corrected chi connectivity index (χ1v) is 6.58. The first kappa shape index (κ1) is 13.7. The topological polar surface area (TPSA) is 75.6 Å². The number of hydrogen-bond donors (Lipinski definition) is 2. The van der Waals surface area contributed by atoms with Crippen molar-refractivity contribution in [2.75, 3.05) is 24.2 Å². The molecule has 17 heavy (non-hydrogen) atoms. The van der Waals surface area contributed by atoms with Gasteiger partial charge in [0.25, 0.3) is 0 Å². The van der Waals surface area contributed by atoms with E-state index in [1.54, 1.807) is 0 Å². The van der Waals surface area contributed by atoms with Crippen LogP contribution in [0.15, 0.2) is 18.2 Å². The van der Waals surface area contributed by atoms with Crippen LogP contribution < -0.4 is 9.46 Å². The zero-order chi connectivity index (χ0) is 12.9. The molecule has 0 bridgehead atoms. The van der Waals surface area contributed by atoms with E-state index in [1.807, 2.05) is 0 Å². The Balaban J connectivity index is 2.84. The Hall–Kier alpha value is -1.34. The average Bonchev–Trinajstić information content (AvgIpc) is 2.25. The van der Waals surface area contributed by atoms with Crippen molar-refractivity contribution in [3.8, 4) is 5.75 Å². The maximum atomic E-state index is 13.1. The molecule has 1 aromatic rings. The van der Waals surface area contributed by atoms with Crippen LogP contribution in [0.4, 0.5) is 10.1 Å². The van der Waals surface area contributed by atoms with E-state index in [4.69, 9.17) is 9.84 Å². The smallest absolute Gasteiger partial charge is 0.232 e. The molecule has 0 atom stereocenters. The van der Waals surface area contributed by atoms with E-state index < -0.39 is 15.8 Å². The molecule has 1 rings (SSSR count). The second-order valence-electron chi connectivity index (χ2n) is 3.38. The predicted octanol–water partition coefficient (Wildman–Crippen LogP) is 0.958. The van der Waals surface area contributed by atoms with E-state index in [0.717, 1.165) is 12.1 Å².